The maximum Gasteiger partial charge on any atom is 0.317 e. The summed E-state index contributed by atoms with van der Waals surface area (Å²) in [5, 5.41) is 18.8. The topological polar surface area (TPSA) is 73.8 Å². The zero-order valence-electron chi connectivity index (χ0n) is 22.0. The summed E-state index contributed by atoms with van der Waals surface area (Å²) in [5.41, 5.74) is -0.784. The normalized spacial score (nSPS) is 21.7. The number of carbonyl (C=O) groups excluding carboxylic acids is 1. The molecule has 1 aromatic carbocycles. The van der Waals surface area contributed by atoms with Gasteiger partial charge in [0.25, 0.3) is 0 Å². The van der Waals surface area contributed by atoms with Gasteiger partial charge in [-0.15, -0.1) is 0 Å². The van der Waals surface area contributed by atoms with Crippen LogP contribution in [0.1, 0.15) is 76.2 Å². The van der Waals surface area contributed by atoms with Crippen molar-refractivity contribution in [1.82, 2.24) is 15.5 Å². The third kappa shape index (κ3) is 8.30. The van der Waals surface area contributed by atoms with E-state index < -0.39 is 11.4 Å². The predicted octanol–water partition coefficient (Wildman–Crippen LogP) is 5.46. The van der Waals surface area contributed by atoms with E-state index in [1.807, 2.05) is 11.9 Å². The smallest absolute Gasteiger partial charge is 0.317 e. The second kappa shape index (κ2) is 14.5. The van der Waals surface area contributed by atoms with Gasteiger partial charge in [0.05, 0.1) is 5.60 Å². The monoisotopic (exact) mass is 525 g/mol. The molecule has 1 saturated heterocycles. The van der Waals surface area contributed by atoms with E-state index in [0.717, 1.165) is 38.6 Å². The molecule has 0 unspecified atom stereocenters. The van der Waals surface area contributed by atoms with Gasteiger partial charge in [-0.3, -0.25) is 0 Å². The molecule has 3 rings (SSSR count). The second-order valence-electron chi connectivity index (χ2n) is 10.8. The van der Waals surface area contributed by atoms with Gasteiger partial charge in [-0.05, 0) is 75.3 Å². The Kier molecular flexibility index (Phi) is 11.7. The number of urea groups is 1. The van der Waals surface area contributed by atoms with E-state index in [1.54, 1.807) is 13.2 Å². The number of hydrogen-bond donors (Lipinski definition) is 3. The van der Waals surface area contributed by atoms with Crippen LogP contribution < -0.4 is 10.6 Å². The summed E-state index contributed by atoms with van der Waals surface area (Å²) in [5.74, 6) is -0.00391. The van der Waals surface area contributed by atoms with Gasteiger partial charge in [-0.2, -0.15) is 0 Å². The van der Waals surface area contributed by atoms with E-state index in [-0.39, 0.29) is 23.0 Å². The van der Waals surface area contributed by atoms with Crippen molar-refractivity contribution in [2.45, 2.75) is 82.3 Å². The van der Waals surface area contributed by atoms with Crippen molar-refractivity contribution >= 4 is 17.6 Å². The van der Waals surface area contributed by atoms with E-state index >= 15 is 0 Å². The lowest BCUT2D eigenvalue weighted by Crippen LogP contribution is -2.54. The van der Waals surface area contributed by atoms with Crippen molar-refractivity contribution in [1.29, 1.82) is 0 Å². The number of methoxy groups -OCH3 is 1. The van der Waals surface area contributed by atoms with Crippen molar-refractivity contribution in [2.75, 3.05) is 40.4 Å². The summed E-state index contributed by atoms with van der Waals surface area (Å²) in [6.45, 7) is 2.43. The first kappa shape index (κ1) is 29.2. The summed E-state index contributed by atoms with van der Waals surface area (Å²) in [6.07, 6.45) is 10.9. The number of halogens is 2. The molecule has 1 aliphatic heterocycles. The number of unbranched alkanes of at least 4 members (excludes halogenated alkanes) is 1. The molecule has 2 aliphatic rings. The third-order valence-electron chi connectivity index (χ3n) is 8.02. The molecule has 0 bridgehead atoms. The van der Waals surface area contributed by atoms with Crippen LogP contribution in [0, 0.1) is 17.7 Å². The molecule has 3 N–H and O–H groups in total. The number of likely N-dealkylation sites (N-methyl/N-ethyl adjacent to an activating group) is 1. The molecule has 2 fully saturated rings. The molecule has 3 atom stereocenters. The van der Waals surface area contributed by atoms with E-state index in [1.165, 1.54) is 44.2 Å². The van der Waals surface area contributed by atoms with E-state index in [0.29, 0.717) is 37.6 Å². The fourth-order valence-corrected chi connectivity index (χ4v) is 6.33. The predicted molar refractivity (Wildman–Crippen MR) is 143 cm³/mol. The summed E-state index contributed by atoms with van der Waals surface area (Å²) < 4.78 is 19.5. The minimum atomic E-state index is -1.27. The number of nitrogens with zero attached hydrogens (tertiary/aromatic N) is 1. The van der Waals surface area contributed by atoms with E-state index in [2.05, 4.69) is 10.6 Å². The first-order valence-electron chi connectivity index (χ1n) is 13.7. The van der Waals surface area contributed by atoms with Crippen LogP contribution in [0.25, 0.3) is 0 Å². The average molecular weight is 526 g/mol. The second-order valence-corrected chi connectivity index (χ2v) is 11.2. The van der Waals surface area contributed by atoms with Gasteiger partial charge >= 0.3 is 6.03 Å². The first-order valence-corrected chi connectivity index (χ1v) is 14.1. The molecule has 2 amide bonds. The van der Waals surface area contributed by atoms with Crippen LogP contribution in [-0.2, 0) is 10.3 Å². The van der Waals surface area contributed by atoms with E-state index in [9.17, 15) is 14.3 Å². The van der Waals surface area contributed by atoms with Gasteiger partial charge < -0.3 is 25.4 Å². The lowest BCUT2D eigenvalue weighted by atomic mass is 9.74. The number of likely N-dealkylation sites (tertiary alicyclic amines) is 1. The molecular weight excluding hydrogens is 481 g/mol. The Labute approximate surface area is 221 Å². The van der Waals surface area contributed by atoms with Crippen LogP contribution in [0.15, 0.2) is 18.2 Å². The maximum atomic E-state index is 14.3. The van der Waals surface area contributed by atoms with Crippen molar-refractivity contribution in [3.8, 4) is 0 Å². The molecule has 36 heavy (non-hydrogen) atoms. The molecule has 1 saturated carbocycles. The van der Waals surface area contributed by atoms with Crippen molar-refractivity contribution in [3.05, 3.63) is 34.6 Å². The number of hydrogen-bond acceptors (Lipinski definition) is 4. The Hall–Kier alpha value is -1.41. The highest BCUT2D eigenvalue weighted by atomic mass is 35.5. The number of carbonyl (C=O) groups is 1. The van der Waals surface area contributed by atoms with Crippen LogP contribution in [0.4, 0.5) is 9.18 Å². The molecule has 8 heteroatoms. The maximum absolute atomic E-state index is 14.3. The van der Waals surface area contributed by atoms with Gasteiger partial charge in [0.2, 0.25) is 0 Å². The lowest BCUT2D eigenvalue weighted by Gasteiger charge is -2.43. The number of amides is 2. The molecule has 1 heterocycles. The van der Waals surface area contributed by atoms with Crippen molar-refractivity contribution < 1.29 is 19.0 Å². The largest absolute Gasteiger partial charge is 0.385 e. The number of ether oxygens (including phenoxy) is 1. The summed E-state index contributed by atoms with van der Waals surface area (Å²) in [4.78, 5) is 15.2. The molecule has 0 aromatic heterocycles. The number of aliphatic hydroxyl groups is 1. The summed E-state index contributed by atoms with van der Waals surface area (Å²) >= 11 is 6.17. The Morgan fingerprint density at radius 2 is 2.00 bits per heavy atom. The van der Waals surface area contributed by atoms with Gasteiger partial charge in [0.1, 0.15) is 5.82 Å². The van der Waals surface area contributed by atoms with Crippen LogP contribution in [0.3, 0.4) is 0 Å². The first-order chi connectivity index (χ1) is 17.4. The molecular formula is C28H45ClFN3O3. The lowest BCUT2D eigenvalue weighted by molar-refractivity contribution is -0.0565. The van der Waals surface area contributed by atoms with Gasteiger partial charge in [0, 0.05) is 50.3 Å². The number of nitrogens with one attached hydrogen (secondary N) is 2. The fourth-order valence-electron chi connectivity index (χ4n) is 6.11. The minimum Gasteiger partial charge on any atom is -0.385 e. The standard InChI is InChI=1S/C28H45ClFN3O3/c1-31-19-26(15-21-9-4-3-5-10-21)32-27(34)33-13-8-11-22(20-33)28(35,12-6-7-14-36-2)23-16-24(29)18-25(30)17-23/h16-18,21-22,26,31,35H,3-15,19-20H2,1-2H3,(H,32,34)/t22-,26+,28+/m1/s1. The zero-order chi connectivity index (χ0) is 26.0. The number of benzene rings is 1. The summed E-state index contributed by atoms with van der Waals surface area (Å²) in [6, 6.07) is 4.31. The zero-order valence-corrected chi connectivity index (χ0v) is 22.8. The minimum absolute atomic E-state index is 0.0743. The molecule has 204 valence electrons. The highest BCUT2D eigenvalue weighted by Crippen LogP contribution is 2.41. The van der Waals surface area contributed by atoms with E-state index in [4.69, 9.17) is 16.3 Å². The van der Waals surface area contributed by atoms with Crippen LogP contribution in [-0.4, -0.2) is 62.5 Å². The van der Waals surface area contributed by atoms with Gasteiger partial charge in [-0.25, -0.2) is 9.18 Å². The average Bonchev–Trinajstić information content (AvgIpc) is 2.87. The van der Waals surface area contributed by atoms with Crippen LogP contribution in [0.2, 0.25) is 5.02 Å². The highest BCUT2D eigenvalue weighted by molar-refractivity contribution is 6.30. The third-order valence-corrected chi connectivity index (χ3v) is 8.24. The van der Waals surface area contributed by atoms with Crippen LogP contribution >= 0.6 is 11.6 Å². The van der Waals surface area contributed by atoms with Gasteiger partial charge in [-0.1, -0.05) is 43.7 Å². The Bertz CT molecular complexity index is 803. The number of piperidine rings is 1. The van der Waals surface area contributed by atoms with Gasteiger partial charge in [0.15, 0.2) is 0 Å². The Balaban J connectivity index is 1.71. The molecule has 1 aromatic rings. The molecule has 0 spiro atoms. The quantitative estimate of drug-likeness (QED) is 0.317. The number of rotatable bonds is 12. The SMILES string of the molecule is CNC[C@H](CC1CCCCC1)NC(=O)N1CCC[C@@H]([C@@](O)(CCCCOC)c2cc(F)cc(Cl)c2)C1. The highest BCUT2D eigenvalue weighted by Gasteiger charge is 2.41. The van der Waals surface area contributed by atoms with Crippen LogP contribution in [0.5, 0.6) is 0 Å². The fraction of sp³-hybridized carbons (Fsp3) is 0.750. The Morgan fingerprint density at radius 3 is 2.69 bits per heavy atom. The van der Waals surface area contributed by atoms with Crippen molar-refractivity contribution in [3.63, 3.8) is 0 Å². The molecule has 1 aliphatic carbocycles. The Morgan fingerprint density at radius 1 is 1.22 bits per heavy atom. The molecule has 6 nitrogen and oxygen atoms in total. The molecule has 0 radical (unpaired) electrons. The van der Waals surface area contributed by atoms with Crippen molar-refractivity contribution in [2.24, 2.45) is 11.8 Å². The summed E-state index contributed by atoms with van der Waals surface area (Å²) in [7, 11) is 3.58.